The summed E-state index contributed by atoms with van der Waals surface area (Å²) in [6.07, 6.45) is 1.33. The van der Waals surface area contributed by atoms with Crippen LogP contribution in [0.25, 0.3) is 0 Å². The van der Waals surface area contributed by atoms with Gasteiger partial charge >= 0.3 is 6.09 Å². The van der Waals surface area contributed by atoms with E-state index in [-0.39, 0.29) is 18.0 Å². The lowest BCUT2D eigenvalue weighted by molar-refractivity contribution is -0.117. The Morgan fingerprint density at radius 1 is 1.00 bits per heavy atom. The Hall–Kier alpha value is -3.84. The number of aryl methyl sites for hydroxylation is 1. The Labute approximate surface area is 212 Å². The molecule has 0 bridgehead atoms. The molecule has 2 heterocycles. The molecule has 2 amide bonds. The number of nitrogens with one attached hydrogen (secondary N) is 1. The topological polar surface area (TPSA) is 65.1 Å². The molecule has 0 radical (unpaired) electrons. The van der Waals surface area contributed by atoms with Crippen LogP contribution >= 0.6 is 0 Å². The van der Waals surface area contributed by atoms with E-state index in [2.05, 4.69) is 33.3 Å². The van der Waals surface area contributed by atoms with Crippen LogP contribution in [0.2, 0.25) is 0 Å². The van der Waals surface area contributed by atoms with Crippen molar-refractivity contribution in [1.82, 2.24) is 4.90 Å². The number of para-hydroxylation sites is 1. The Kier molecular flexibility index (Phi) is 6.91. The first-order valence-corrected chi connectivity index (χ1v) is 12.4. The van der Waals surface area contributed by atoms with Gasteiger partial charge in [0, 0.05) is 48.8 Å². The number of amides is 2. The molecule has 0 aliphatic carbocycles. The zero-order chi connectivity index (χ0) is 25.1. The lowest BCUT2D eigenvalue weighted by Crippen LogP contribution is -2.50. The molecular weight excluding hydrogens is 452 g/mol. The molecule has 1 N–H and O–H groups in total. The summed E-state index contributed by atoms with van der Waals surface area (Å²) in [4.78, 5) is 31.3. The second-order valence-corrected chi connectivity index (χ2v) is 9.55. The van der Waals surface area contributed by atoms with Crippen molar-refractivity contribution in [1.29, 1.82) is 0 Å². The van der Waals surface area contributed by atoms with E-state index in [1.54, 1.807) is 0 Å². The monoisotopic (exact) mass is 484 g/mol. The molecule has 7 nitrogen and oxygen atoms in total. The third kappa shape index (κ3) is 5.21. The van der Waals surface area contributed by atoms with Gasteiger partial charge in [0.05, 0.1) is 12.2 Å². The molecule has 36 heavy (non-hydrogen) atoms. The fraction of sp³-hybridized carbons (Fsp3) is 0.310. The van der Waals surface area contributed by atoms with Crippen LogP contribution in [-0.4, -0.2) is 49.6 Å². The molecule has 2 aliphatic heterocycles. The number of benzene rings is 3. The first-order valence-electron chi connectivity index (χ1n) is 12.4. The normalized spacial score (nSPS) is 16.3. The molecule has 1 saturated heterocycles. The van der Waals surface area contributed by atoms with Crippen molar-refractivity contribution < 1.29 is 14.3 Å². The number of rotatable bonds is 6. The standard InChI is InChI=1S/C29H32N4O3/c1-21-8-13-27-22(18-21)20-36-29(35)33(27)26-14-16-32(17-15-26)19-28(34)30-23-9-11-25(12-10-23)31(2)24-6-4-3-5-7-24/h3-13,18,26H,14-17,19-20H2,1-2H3,(H,30,34). The third-order valence-electron chi connectivity index (χ3n) is 7.01. The number of ether oxygens (including phenoxy) is 1. The van der Waals surface area contributed by atoms with Gasteiger partial charge < -0.3 is 15.0 Å². The summed E-state index contributed by atoms with van der Waals surface area (Å²) >= 11 is 0. The molecule has 0 aromatic heterocycles. The van der Waals surface area contributed by atoms with Gasteiger partial charge in [-0.25, -0.2) is 4.79 Å². The van der Waals surface area contributed by atoms with Crippen LogP contribution in [0.4, 0.5) is 27.5 Å². The maximum Gasteiger partial charge on any atom is 0.414 e. The van der Waals surface area contributed by atoms with E-state index in [1.807, 2.05) is 73.5 Å². The summed E-state index contributed by atoms with van der Waals surface area (Å²) in [5.41, 5.74) is 6.10. The van der Waals surface area contributed by atoms with E-state index in [0.29, 0.717) is 13.2 Å². The fourth-order valence-corrected chi connectivity index (χ4v) is 5.03. The lowest BCUT2D eigenvalue weighted by Gasteiger charge is -2.40. The predicted octanol–water partition coefficient (Wildman–Crippen LogP) is 5.32. The highest BCUT2D eigenvalue weighted by Crippen LogP contribution is 2.32. The van der Waals surface area contributed by atoms with Gasteiger partial charge in [-0.15, -0.1) is 0 Å². The lowest BCUT2D eigenvalue weighted by atomic mass is 10.00. The maximum absolute atomic E-state index is 12.7. The predicted molar refractivity (Wildman–Crippen MR) is 143 cm³/mol. The summed E-state index contributed by atoms with van der Waals surface area (Å²) < 4.78 is 5.44. The molecule has 3 aromatic rings. The van der Waals surface area contributed by atoms with Crippen molar-refractivity contribution in [3.8, 4) is 0 Å². The smallest absolute Gasteiger partial charge is 0.414 e. The van der Waals surface area contributed by atoms with Crippen molar-refractivity contribution in [3.05, 3.63) is 83.9 Å². The number of carbonyl (C=O) groups is 2. The highest BCUT2D eigenvalue weighted by atomic mass is 16.6. The van der Waals surface area contributed by atoms with E-state index in [4.69, 9.17) is 4.74 Å². The fourth-order valence-electron chi connectivity index (χ4n) is 5.03. The van der Waals surface area contributed by atoms with Gasteiger partial charge in [-0.1, -0.05) is 35.9 Å². The molecule has 7 heteroatoms. The summed E-state index contributed by atoms with van der Waals surface area (Å²) in [5, 5.41) is 3.01. The van der Waals surface area contributed by atoms with Gasteiger partial charge in [-0.3, -0.25) is 14.6 Å². The van der Waals surface area contributed by atoms with Crippen molar-refractivity contribution in [2.45, 2.75) is 32.4 Å². The van der Waals surface area contributed by atoms with Crippen LogP contribution in [0, 0.1) is 6.92 Å². The largest absolute Gasteiger partial charge is 0.444 e. The van der Waals surface area contributed by atoms with E-state index >= 15 is 0 Å². The third-order valence-corrected chi connectivity index (χ3v) is 7.01. The Balaban J connectivity index is 1.13. The van der Waals surface area contributed by atoms with Crippen LogP contribution < -0.4 is 15.1 Å². The molecule has 0 saturated carbocycles. The number of nitrogens with zero attached hydrogens (tertiary/aromatic N) is 3. The van der Waals surface area contributed by atoms with Gasteiger partial charge in [0.25, 0.3) is 0 Å². The van der Waals surface area contributed by atoms with Crippen LogP contribution in [0.3, 0.4) is 0 Å². The zero-order valence-corrected chi connectivity index (χ0v) is 20.8. The first-order chi connectivity index (χ1) is 17.5. The molecule has 1 fully saturated rings. The van der Waals surface area contributed by atoms with Crippen LogP contribution in [0.5, 0.6) is 0 Å². The maximum atomic E-state index is 12.7. The molecule has 3 aromatic carbocycles. The highest BCUT2D eigenvalue weighted by Gasteiger charge is 2.34. The zero-order valence-electron chi connectivity index (χ0n) is 20.8. The average molecular weight is 485 g/mol. The van der Waals surface area contributed by atoms with Crippen molar-refractivity contribution in [2.24, 2.45) is 0 Å². The van der Waals surface area contributed by atoms with Crippen LogP contribution in [0.1, 0.15) is 24.0 Å². The summed E-state index contributed by atoms with van der Waals surface area (Å²) in [7, 11) is 2.02. The Morgan fingerprint density at radius 2 is 1.69 bits per heavy atom. The summed E-state index contributed by atoms with van der Waals surface area (Å²) in [5.74, 6) is -0.0317. The van der Waals surface area contributed by atoms with Gasteiger partial charge in [0.2, 0.25) is 5.91 Å². The van der Waals surface area contributed by atoms with E-state index in [9.17, 15) is 9.59 Å². The van der Waals surface area contributed by atoms with Gasteiger partial charge in [-0.05, 0) is 62.2 Å². The number of fused-ring (bicyclic) bond motifs is 1. The number of carbonyl (C=O) groups excluding carboxylic acids is 2. The van der Waals surface area contributed by atoms with E-state index in [1.165, 1.54) is 0 Å². The van der Waals surface area contributed by atoms with Crippen LogP contribution in [-0.2, 0) is 16.1 Å². The second kappa shape index (κ2) is 10.4. The van der Waals surface area contributed by atoms with Crippen LogP contribution in [0.15, 0.2) is 72.8 Å². The van der Waals surface area contributed by atoms with E-state index < -0.39 is 0 Å². The van der Waals surface area contributed by atoms with Crippen molar-refractivity contribution in [3.63, 3.8) is 0 Å². The number of likely N-dealkylation sites (tertiary alicyclic amines) is 1. The Bertz CT molecular complexity index is 1220. The molecule has 2 aliphatic rings. The average Bonchev–Trinajstić information content (AvgIpc) is 2.90. The first kappa shape index (κ1) is 23.9. The molecule has 0 atom stereocenters. The Morgan fingerprint density at radius 3 is 2.42 bits per heavy atom. The minimum Gasteiger partial charge on any atom is -0.444 e. The van der Waals surface area contributed by atoms with Crippen molar-refractivity contribution >= 4 is 34.7 Å². The molecule has 0 unspecified atom stereocenters. The van der Waals surface area contributed by atoms with Gasteiger partial charge in [0.1, 0.15) is 6.61 Å². The number of cyclic esters (lactones) is 1. The number of anilines is 4. The van der Waals surface area contributed by atoms with E-state index in [0.717, 1.165) is 59.8 Å². The van der Waals surface area contributed by atoms with Gasteiger partial charge in [-0.2, -0.15) is 0 Å². The SMILES string of the molecule is Cc1ccc2c(c1)COC(=O)N2C1CCN(CC(=O)Nc2ccc(N(C)c3ccccc3)cc2)CC1. The molecule has 186 valence electrons. The summed E-state index contributed by atoms with van der Waals surface area (Å²) in [6.45, 7) is 4.21. The highest BCUT2D eigenvalue weighted by molar-refractivity contribution is 5.93. The molecule has 0 spiro atoms. The van der Waals surface area contributed by atoms with Gasteiger partial charge in [0.15, 0.2) is 0 Å². The summed E-state index contributed by atoms with van der Waals surface area (Å²) in [6, 6.07) is 24.2. The molecule has 5 rings (SSSR count). The minimum atomic E-state index is -0.274. The number of hydrogen-bond acceptors (Lipinski definition) is 5. The van der Waals surface area contributed by atoms with Crippen molar-refractivity contribution in [2.75, 3.05) is 41.8 Å². The molecular formula is C29H32N4O3. The quantitative estimate of drug-likeness (QED) is 0.513. The minimum absolute atomic E-state index is 0.0317. The second-order valence-electron chi connectivity index (χ2n) is 9.55. The number of hydrogen-bond donors (Lipinski definition) is 1. The number of piperidine rings is 1.